The molecule has 0 aromatic rings. The van der Waals surface area contributed by atoms with Gasteiger partial charge in [-0.2, -0.15) is 0 Å². The number of allylic oxidation sites excluding steroid dienone is 2. The van der Waals surface area contributed by atoms with Crippen LogP contribution < -0.4 is 0 Å². The molecule has 1 heterocycles. The average Bonchev–Trinajstić information content (AvgIpc) is 2.97. The molecular weight excluding hydrogens is 256 g/mol. The SMILES string of the molecule is COC(=O)[C@@]1(O)CC[C@H]2C(=C(C)C)CC[C@@]23CO[C@@H]1C3. The molecule has 1 spiro atoms. The molecule has 0 amide bonds. The molecule has 0 aromatic carbocycles. The highest BCUT2D eigenvalue weighted by molar-refractivity contribution is 5.80. The van der Waals surface area contributed by atoms with Crippen molar-refractivity contribution in [3.8, 4) is 0 Å². The van der Waals surface area contributed by atoms with Crippen molar-refractivity contribution in [1.82, 2.24) is 0 Å². The Morgan fingerprint density at radius 2 is 2.15 bits per heavy atom. The molecule has 3 fully saturated rings. The topological polar surface area (TPSA) is 55.8 Å². The maximum absolute atomic E-state index is 12.0. The van der Waals surface area contributed by atoms with E-state index in [9.17, 15) is 9.90 Å². The predicted octanol–water partition coefficient (Wildman–Crippen LogP) is 2.21. The maximum atomic E-state index is 12.0. The fraction of sp³-hybridized carbons (Fsp3) is 0.812. The van der Waals surface area contributed by atoms with Crippen LogP contribution in [0.5, 0.6) is 0 Å². The molecule has 0 radical (unpaired) electrons. The van der Waals surface area contributed by atoms with Crippen molar-refractivity contribution < 1.29 is 19.4 Å². The van der Waals surface area contributed by atoms with E-state index < -0.39 is 17.7 Å². The van der Waals surface area contributed by atoms with Crippen LogP contribution in [0.25, 0.3) is 0 Å². The third-order valence-corrected chi connectivity index (χ3v) is 5.74. The van der Waals surface area contributed by atoms with Crippen LogP contribution in [0.2, 0.25) is 0 Å². The number of methoxy groups -OCH3 is 1. The van der Waals surface area contributed by atoms with Crippen LogP contribution in [0, 0.1) is 11.3 Å². The number of esters is 1. The van der Waals surface area contributed by atoms with Crippen molar-refractivity contribution in [2.75, 3.05) is 13.7 Å². The Labute approximate surface area is 120 Å². The van der Waals surface area contributed by atoms with Gasteiger partial charge in [-0.3, -0.25) is 0 Å². The van der Waals surface area contributed by atoms with Gasteiger partial charge in [-0.1, -0.05) is 11.1 Å². The van der Waals surface area contributed by atoms with Gasteiger partial charge in [-0.25, -0.2) is 4.79 Å². The second-order valence-corrected chi connectivity index (χ2v) is 6.90. The van der Waals surface area contributed by atoms with Gasteiger partial charge in [0.05, 0.1) is 19.8 Å². The molecular formula is C16H24O4. The van der Waals surface area contributed by atoms with E-state index >= 15 is 0 Å². The number of hydrogen-bond acceptors (Lipinski definition) is 4. The Morgan fingerprint density at radius 3 is 2.80 bits per heavy atom. The summed E-state index contributed by atoms with van der Waals surface area (Å²) in [6.07, 6.45) is 3.92. The normalized spacial score (nSPS) is 43.1. The number of carbonyl (C=O) groups excluding carboxylic acids is 1. The van der Waals surface area contributed by atoms with Crippen molar-refractivity contribution in [2.24, 2.45) is 11.3 Å². The van der Waals surface area contributed by atoms with E-state index in [1.165, 1.54) is 18.3 Å². The molecule has 3 rings (SSSR count). The Bertz CT molecular complexity index is 465. The molecule has 4 nitrogen and oxygen atoms in total. The first kappa shape index (κ1) is 14.1. The minimum Gasteiger partial charge on any atom is -0.467 e. The molecule has 0 unspecified atom stereocenters. The minimum atomic E-state index is -1.46. The zero-order valence-corrected chi connectivity index (χ0v) is 12.6. The summed E-state index contributed by atoms with van der Waals surface area (Å²) in [5.74, 6) is -0.0885. The van der Waals surface area contributed by atoms with Crippen LogP contribution in [-0.2, 0) is 14.3 Å². The fourth-order valence-electron chi connectivity index (χ4n) is 4.59. The molecule has 0 aromatic heterocycles. The predicted molar refractivity (Wildman–Crippen MR) is 74.1 cm³/mol. The summed E-state index contributed by atoms with van der Waals surface area (Å²) in [6, 6.07) is 0. The summed E-state index contributed by atoms with van der Waals surface area (Å²) in [6.45, 7) is 5.00. The number of hydrogen-bond donors (Lipinski definition) is 1. The van der Waals surface area contributed by atoms with Crippen LogP contribution in [0.3, 0.4) is 0 Å². The summed E-state index contributed by atoms with van der Waals surface area (Å²) < 4.78 is 10.7. The van der Waals surface area contributed by atoms with Crippen LogP contribution in [0.4, 0.5) is 0 Å². The Kier molecular flexibility index (Phi) is 3.22. The summed E-state index contributed by atoms with van der Waals surface area (Å²) in [5.41, 5.74) is 1.58. The van der Waals surface area contributed by atoms with Gasteiger partial charge in [0.15, 0.2) is 5.60 Å². The lowest BCUT2D eigenvalue weighted by atomic mass is 9.74. The monoisotopic (exact) mass is 280 g/mol. The Hall–Kier alpha value is -0.870. The summed E-state index contributed by atoms with van der Waals surface area (Å²) in [5, 5.41) is 10.8. The molecule has 20 heavy (non-hydrogen) atoms. The zero-order chi connectivity index (χ0) is 14.5. The summed E-state index contributed by atoms with van der Waals surface area (Å²) >= 11 is 0. The molecule has 2 bridgehead atoms. The number of fused-ring (bicyclic) bond motifs is 1. The van der Waals surface area contributed by atoms with Gasteiger partial charge >= 0.3 is 5.97 Å². The van der Waals surface area contributed by atoms with Crippen molar-refractivity contribution in [2.45, 2.75) is 57.7 Å². The smallest absolute Gasteiger partial charge is 0.340 e. The molecule has 3 aliphatic rings. The van der Waals surface area contributed by atoms with Crippen molar-refractivity contribution >= 4 is 5.97 Å². The second kappa shape index (κ2) is 4.57. The highest BCUT2D eigenvalue weighted by Crippen LogP contribution is 2.59. The standard InChI is InChI=1S/C16H24O4/c1-10(2)11-4-6-15-8-13(20-9-15)16(18,14(17)19-3)7-5-12(11)15/h12-13,18H,4-9H2,1-3H3/t12-,13+,15+,16+/m0/s1. The zero-order valence-electron chi connectivity index (χ0n) is 12.6. The molecule has 2 aliphatic carbocycles. The average molecular weight is 280 g/mol. The molecule has 4 heteroatoms. The van der Waals surface area contributed by atoms with Crippen LogP contribution in [0.1, 0.15) is 46.0 Å². The lowest BCUT2D eigenvalue weighted by Gasteiger charge is -2.32. The number of ether oxygens (including phenoxy) is 2. The first-order valence-corrected chi connectivity index (χ1v) is 7.51. The van der Waals surface area contributed by atoms with E-state index in [0.717, 1.165) is 25.7 Å². The van der Waals surface area contributed by atoms with Crippen molar-refractivity contribution in [3.05, 3.63) is 11.1 Å². The summed E-state index contributed by atoms with van der Waals surface area (Å²) in [4.78, 5) is 12.0. The molecule has 1 saturated heterocycles. The molecule has 1 aliphatic heterocycles. The van der Waals surface area contributed by atoms with Gasteiger partial charge in [0, 0.05) is 5.41 Å². The quantitative estimate of drug-likeness (QED) is 0.591. The van der Waals surface area contributed by atoms with Gasteiger partial charge < -0.3 is 14.6 Å². The van der Waals surface area contributed by atoms with Crippen molar-refractivity contribution in [1.29, 1.82) is 0 Å². The highest BCUT2D eigenvalue weighted by Gasteiger charge is 2.60. The second-order valence-electron chi connectivity index (χ2n) is 6.90. The van der Waals surface area contributed by atoms with Gasteiger partial charge in [0.25, 0.3) is 0 Å². The van der Waals surface area contributed by atoms with Gasteiger partial charge in [-0.05, 0) is 51.9 Å². The largest absolute Gasteiger partial charge is 0.467 e. The van der Waals surface area contributed by atoms with Crippen LogP contribution in [0.15, 0.2) is 11.1 Å². The van der Waals surface area contributed by atoms with E-state index in [1.54, 1.807) is 0 Å². The third-order valence-electron chi connectivity index (χ3n) is 5.74. The van der Waals surface area contributed by atoms with Gasteiger partial charge in [-0.15, -0.1) is 0 Å². The Balaban J connectivity index is 1.96. The first-order valence-electron chi connectivity index (χ1n) is 7.51. The molecule has 1 N–H and O–H groups in total. The summed E-state index contributed by atoms with van der Waals surface area (Å²) in [7, 11) is 1.33. The molecule has 4 atom stereocenters. The molecule has 2 saturated carbocycles. The highest BCUT2D eigenvalue weighted by atomic mass is 16.6. The van der Waals surface area contributed by atoms with Crippen LogP contribution in [-0.4, -0.2) is 36.5 Å². The van der Waals surface area contributed by atoms with E-state index in [-0.39, 0.29) is 5.41 Å². The maximum Gasteiger partial charge on any atom is 0.340 e. The minimum absolute atomic E-state index is 0.135. The van der Waals surface area contributed by atoms with E-state index in [2.05, 4.69) is 13.8 Å². The number of aliphatic hydroxyl groups is 1. The lowest BCUT2D eigenvalue weighted by molar-refractivity contribution is -0.178. The first-order chi connectivity index (χ1) is 9.43. The van der Waals surface area contributed by atoms with E-state index in [0.29, 0.717) is 18.9 Å². The van der Waals surface area contributed by atoms with Gasteiger partial charge in [0.2, 0.25) is 0 Å². The Morgan fingerprint density at radius 1 is 1.40 bits per heavy atom. The fourth-order valence-corrected chi connectivity index (χ4v) is 4.59. The lowest BCUT2D eigenvalue weighted by Crippen LogP contribution is -2.49. The van der Waals surface area contributed by atoms with E-state index in [1.807, 2.05) is 0 Å². The third kappa shape index (κ3) is 1.77. The van der Waals surface area contributed by atoms with Crippen molar-refractivity contribution in [3.63, 3.8) is 0 Å². The molecule has 112 valence electrons. The van der Waals surface area contributed by atoms with E-state index in [4.69, 9.17) is 9.47 Å². The number of rotatable bonds is 1. The van der Waals surface area contributed by atoms with Crippen LogP contribution >= 0.6 is 0 Å². The van der Waals surface area contributed by atoms with Gasteiger partial charge in [0.1, 0.15) is 0 Å². The number of carbonyl (C=O) groups is 1.